The van der Waals surface area contributed by atoms with E-state index in [-0.39, 0.29) is 23.3 Å². The van der Waals surface area contributed by atoms with Crippen LogP contribution in [0.15, 0.2) is 48.5 Å². The van der Waals surface area contributed by atoms with E-state index in [0.29, 0.717) is 17.1 Å². The van der Waals surface area contributed by atoms with Crippen LogP contribution in [0.1, 0.15) is 21.8 Å². The molecule has 2 aromatic rings. The Balaban J connectivity index is 1.86. The Morgan fingerprint density at radius 3 is 2.33 bits per heavy atom. The monoisotopic (exact) mass is 344 g/mol. The van der Waals surface area contributed by atoms with E-state index < -0.39 is 4.92 Å². The molecule has 0 aliphatic carbocycles. The van der Waals surface area contributed by atoms with Gasteiger partial charge in [0.05, 0.1) is 4.92 Å². The summed E-state index contributed by atoms with van der Waals surface area (Å²) in [6, 6.07) is 13.4. The van der Waals surface area contributed by atoms with Crippen LogP contribution in [-0.4, -0.2) is 35.7 Å². The van der Waals surface area contributed by atoms with Gasteiger partial charge in [-0.15, -0.1) is 0 Å². The maximum Gasteiger partial charge on any atom is 0.269 e. The Morgan fingerprint density at radius 2 is 1.75 bits per heavy atom. The topological polar surface area (TPSA) is 63.5 Å². The number of ketones is 1. The lowest BCUT2D eigenvalue weighted by Crippen LogP contribution is -2.22. The van der Waals surface area contributed by atoms with Gasteiger partial charge in [-0.1, -0.05) is 23.7 Å². The zero-order valence-electron chi connectivity index (χ0n) is 13.2. The molecule has 0 amide bonds. The summed E-state index contributed by atoms with van der Waals surface area (Å²) in [5.41, 5.74) is 1.59. The van der Waals surface area contributed by atoms with Gasteiger partial charge in [-0.05, 0) is 36.9 Å². The number of nitrogens with zero attached hydrogens (tertiary/aromatic N) is 2. The highest BCUT2D eigenvalue weighted by Crippen LogP contribution is 2.35. The molecule has 2 aromatic carbocycles. The first kappa shape index (κ1) is 16.6. The van der Waals surface area contributed by atoms with E-state index >= 15 is 0 Å². The fraction of sp³-hybridized carbons (Fsp3) is 0.278. The molecule has 3 rings (SSSR count). The molecule has 1 heterocycles. The molecule has 6 heteroatoms. The summed E-state index contributed by atoms with van der Waals surface area (Å²) >= 11 is 5.95. The number of likely N-dealkylation sites (N-methyl/N-ethyl adjacent to an activating group) is 1. The van der Waals surface area contributed by atoms with Crippen LogP contribution in [0.25, 0.3) is 0 Å². The summed E-state index contributed by atoms with van der Waals surface area (Å²) in [7, 11) is 1.99. The lowest BCUT2D eigenvalue weighted by Gasteiger charge is -2.18. The number of nitro groups is 1. The van der Waals surface area contributed by atoms with E-state index in [0.717, 1.165) is 12.1 Å². The summed E-state index contributed by atoms with van der Waals surface area (Å²) in [6.07, 6.45) is 0. The first-order valence-corrected chi connectivity index (χ1v) is 8.06. The van der Waals surface area contributed by atoms with Crippen LogP contribution in [0.5, 0.6) is 0 Å². The molecule has 1 fully saturated rings. The van der Waals surface area contributed by atoms with Gasteiger partial charge < -0.3 is 4.90 Å². The highest BCUT2D eigenvalue weighted by Gasteiger charge is 2.37. The minimum atomic E-state index is -0.464. The normalized spacial score (nSPS) is 20.9. The lowest BCUT2D eigenvalue weighted by molar-refractivity contribution is -0.384. The lowest BCUT2D eigenvalue weighted by atomic mass is 9.84. The molecule has 5 nitrogen and oxygen atoms in total. The number of rotatable bonds is 4. The van der Waals surface area contributed by atoms with Gasteiger partial charge in [0.2, 0.25) is 0 Å². The molecule has 0 bridgehead atoms. The summed E-state index contributed by atoms with van der Waals surface area (Å²) in [5, 5.41) is 11.4. The molecule has 0 spiro atoms. The third-order valence-electron chi connectivity index (χ3n) is 4.50. The van der Waals surface area contributed by atoms with E-state index in [1.807, 2.05) is 31.3 Å². The molecule has 0 unspecified atom stereocenters. The van der Waals surface area contributed by atoms with Crippen LogP contribution in [0.3, 0.4) is 0 Å². The van der Waals surface area contributed by atoms with Crippen LogP contribution in [0, 0.1) is 16.0 Å². The number of non-ortho nitro benzene ring substituents is 1. The fourth-order valence-electron chi connectivity index (χ4n) is 3.28. The molecule has 0 saturated carbocycles. The molecule has 2 atom stereocenters. The van der Waals surface area contributed by atoms with Gasteiger partial charge in [0.1, 0.15) is 0 Å². The van der Waals surface area contributed by atoms with Crippen molar-refractivity contribution in [3.05, 3.63) is 74.8 Å². The first-order chi connectivity index (χ1) is 11.5. The summed E-state index contributed by atoms with van der Waals surface area (Å²) in [6.45, 7) is 1.47. The van der Waals surface area contributed by atoms with E-state index in [9.17, 15) is 14.9 Å². The molecule has 24 heavy (non-hydrogen) atoms. The summed E-state index contributed by atoms with van der Waals surface area (Å²) < 4.78 is 0. The largest absolute Gasteiger partial charge is 0.305 e. The Kier molecular flexibility index (Phi) is 4.64. The number of nitro benzene ring substituents is 1. The number of hydrogen-bond donors (Lipinski definition) is 0. The van der Waals surface area contributed by atoms with E-state index in [2.05, 4.69) is 4.90 Å². The van der Waals surface area contributed by atoms with E-state index in [1.54, 1.807) is 0 Å². The maximum absolute atomic E-state index is 12.9. The second-order valence-corrected chi connectivity index (χ2v) is 6.59. The Hall–Kier alpha value is -2.24. The Labute approximate surface area is 145 Å². The first-order valence-electron chi connectivity index (χ1n) is 7.68. The van der Waals surface area contributed by atoms with Gasteiger partial charge >= 0.3 is 0 Å². The highest BCUT2D eigenvalue weighted by molar-refractivity contribution is 6.30. The molecular formula is C18H17ClN2O3. The summed E-state index contributed by atoms with van der Waals surface area (Å²) in [5.74, 6) is -0.0539. The fourth-order valence-corrected chi connectivity index (χ4v) is 3.40. The molecule has 0 aromatic heterocycles. The third kappa shape index (κ3) is 3.32. The molecule has 1 aliphatic rings. The average Bonchev–Trinajstić information content (AvgIpc) is 2.96. The van der Waals surface area contributed by atoms with Crippen molar-refractivity contribution in [1.29, 1.82) is 0 Å². The van der Waals surface area contributed by atoms with Gasteiger partial charge in [0.15, 0.2) is 5.78 Å². The van der Waals surface area contributed by atoms with Crippen LogP contribution < -0.4 is 0 Å². The van der Waals surface area contributed by atoms with Gasteiger partial charge in [-0.25, -0.2) is 0 Å². The van der Waals surface area contributed by atoms with Gasteiger partial charge in [-0.3, -0.25) is 14.9 Å². The minimum Gasteiger partial charge on any atom is -0.305 e. The van der Waals surface area contributed by atoms with E-state index in [4.69, 9.17) is 11.6 Å². The third-order valence-corrected chi connectivity index (χ3v) is 4.75. The summed E-state index contributed by atoms with van der Waals surface area (Å²) in [4.78, 5) is 25.3. The average molecular weight is 345 g/mol. The van der Waals surface area contributed by atoms with Crippen molar-refractivity contribution in [2.75, 3.05) is 20.1 Å². The standard InChI is InChI=1S/C18H17ClN2O3/c1-20-10-16(12-2-6-14(19)7-3-12)17(11-20)18(22)13-4-8-15(9-5-13)21(23)24/h2-9,16-17H,10-11H2,1H3/t16-,17-/m1/s1. The number of likely N-dealkylation sites (tertiary alicyclic amines) is 1. The van der Waals surface area contributed by atoms with Crippen molar-refractivity contribution >= 4 is 23.1 Å². The number of carbonyl (C=O) groups excluding carboxylic acids is 1. The van der Waals surface area contributed by atoms with E-state index in [1.165, 1.54) is 24.3 Å². The van der Waals surface area contributed by atoms with Crippen molar-refractivity contribution in [2.24, 2.45) is 5.92 Å². The molecule has 1 saturated heterocycles. The second-order valence-electron chi connectivity index (χ2n) is 6.15. The van der Waals surface area contributed by atoms with Gasteiger partial charge in [-0.2, -0.15) is 0 Å². The molecular weight excluding hydrogens is 328 g/mol. The second kappa shape index (κ2) is 6.71. The van der Waals surface area contributed by atoms with Gasteiger partial charge in [0, 0.05) is 47.6 Å². The number of carbonyl (C=O) groups is 1. The van der Waals surface area contributed by atoms with Crippen LogP contribution in [-0.2, 0) is 0 Å². The Bertz CT molecular complexity index is 759. The van der Waals surface area contributed by atoms with Crippen LogP contribution in [0.2, 0.25) is 5.02 Å². The quantitative estimate of drug-likeness (QED) is 0.481. The number of halogens is 1. The van der Waals surface area contributed by atoms with Crippen molar-refractivity contribution in [3.63, 3.8) is 0 Å². The maximum atomic E-state index is 12.9. The minimum absolute atomic E-state index is 0.00987. The predicted molar refractivity (Wildman–Crippen MR) is 92.6 cm³/mol. The van der Waals surface area contributed by atoms with Crippen molar-refractivity contribution < 1.29 is 9.72 Å². The van der Waals surface area contributed by atoms with Crippen LogP contribution >= 0.6 is 11.6 Å². The highest BCUT2D eigenvalue weighted by atomic mass is 35.5. The number of Topliss-reactive ketones (excluding diaryl/α,β-unsaturated/α-hetero) is 1. The SMILES string of the molecule is CN1C[C@H](c2ccc(Cl)cc2)[C@H](C(=O)c2ccc([N+](=O)[O-])cc2)C1. The zero-order valence-corrected chi connectivity index (χ0v) is 13.9. The van der Waals surface area contributed by atoms with Gasteiger partial charge in [0.25, 0.3) is 5.69 Å². The molecule has 124 valence electrons. The molecule has 0 N–H and O–H groups in total. The number of benzene rings is 2. The molecule has 1 aliphatic heterocycles. The Morgan fingerprint density at radius 1 is 1.12 bits per heavy atom. The van der Waals surface area contributed by atoms with Crippen molar-refractivity contribution in [2.45, 2.75) is 5.92 Å². The zero-order chi connectivity index (χ0) is 17.3. The van der Waals surface area contributed by atoms with Crippen LogP contribution in [0.4, 0.5) is 5.69 Å². The predicted octanol–water partition coefficient (Wildman–Crippen LogP) is 3.78. The number of hydrogen-bond acceptors (Lipinski definition) is 4. The van der Waals surface area contributed by atoms with Crippen molar-refractivity contribution in [1.82, 2.24) is 4.90 Å². The van der Waals surface area contributed by atoms with Crippen molar-refractivity contribution in [3.8, 4) is 0 Å². The smallest absolute Gasteiger partial charge is 0.269 e. The molecule has 0 radical (unpaired) electrons.